The van der Waals surface area contributed by atoms with Gasteiger partial charge in [-0.15, -0.1) is 0 Å². The quantitative estimate of drug-likeness (QED) is 0.184. The summed E-state index contributed by atoms with van der Waals surface area (Å²) in [6, 6.07) is 31.1. The Kier molecular flexibility index (Phi) is 8.06. The first-order chi connectivity index (χ1) is 24.9. The van der Waals surface area contributed by atoms with Crippen LogP contribution in [0.1, 0.15) is 78.2 Å². The second kappa shape index (κ2) is 12.4. The minimum Gasteiger partial charge on any atom is -0.497 e. The molecule has 0 spiro atoms. The fraction of sp³-hybridized carbons (Fsp3) is 0.240. The monoisotopic (exact) mass is 680 g/mol. The van der Waals surface area contributed by atoms with Gasteiger partial charge in [-0.2, -0.15) is 0 Å². The topological polar surface area (TPSA) is 18.5 Å². The van der Waals surface area contributed by atoms with E-state index < -0.39 is 0 Å². The highest BCUT2D eigenvalue weighted by atomic mass is 16.5. The van der Waals surface area contributed by atoms with Crippen molar-refractivity contribution < 1.29 is 9.47 Å². The lowest BCUT2D eigenvalue weighted by Gasteiger charge is -2.34. The van der Waals surface area contributed by atoms with Crippen molar-refractivity contribution in [1.29, 1.82) is 0 Å². The third-order valence-electron chi connectivity index (χ3n) is 12.6. The van der Waals surface area contributed by atoms with Crippen molar-refractivity contribution in [2.75, 3.05) is 7.11 Å². The molecule has 0 radical (unpaired) electrons. The van der Waals surface area contributed by atoms with Gasteiger partial charge in [0, 0.05) is 17.0 Å². The Morgan fingerprint density at radius 3 is 1.10 bits per heavy atom. The minimum atomic E-state index is -0.00291. The molecule has 0 N–H and O–H groups in total. The maximum absolute atomic E-state index is 7.08. The molecule has 7 aromatic rings. The van der Waals surface area contributed by atoms with Gasteiger partial charge in [0.05, 0.1) is 7.11 Å². The third-order valence-corrected chi connectivity index (χ3v) is 12.6. The Morgan fingerprint density at radius 1 is 0.404 bits per heavy atom. The van der Waals surface area contributed by atoms with Crippen molar-refractivity contribution in [3.63, 3.8) is 0 Å². The molecule has 2 heteroatoms. The van der Waals surface area contributed by atoms with E-state index in [1.807, 2.05) is 12.1 Å². The molecule has 1 heterocycles. The van der Waals surface area contributed by atoms with Gasteiger partial charge in [0.15, 0.2) is 0 Å². The second-order valence-corrected chi connectivity index (χ2v) is 15.2. The van der Waals surface area contributed by atoms with Crippen molar-refractivity contribution >= 4 is 21.5 Å². The molecule has 1 aliphatic heterocycles. The van der Waals surface area contributed by atoms with E-state index in [1.165, 1.54) is 116 Å². The lowest BCUT2D eigenvalue weighted by atomic mass is 9.74. The number of methoxy groups -OCH3 is 1. The van der Waals surface area contributed by atoms with E-state index in [2.05, 4.69) is 142 Å². The van der Waals surface area contributed by atoms with Gasteiger partial charge in [-0.25, -0.2) is 0 Å². The summed E-state index contributed by atoms with van der Waals surface area (Å²) >= 11 is 0. The van der Waals surface area contributed by atoms with Gasteiger partial charge in [0.1, 0.15) is 17.2 Å². The van der Waals surface area contributed by atoms with Crippen LogP contribution in [0.25, 0.3) is 43.8 Å². The lowest BCUT2D eigenvalue weighted by Crippen LogP contribution is -2.16. The second-order valence-electron chi connectivity index (χ2n) is 15.2. The molecule has 260 valence electrons. The van der Waals surface area contributed by atoms with Crippen LogP contribution in [0.2, 0.25) is 0 Å². The van der Waals surface area contributed by atoms with Crippen LogP contribution in [0.4, 0.5) is 0 Å². The first-order valence-corrected chi connectivity index (χ1v) is 18.5. The van der Waals surface area contributed by atoms with Gasteiger partial charge in [0.2, 0.25) is 0 Å². The highest BCUT2D eigenvalue weighted by Crippen LogP contribution is 2.55. The summed E-state index contributed by atoms with van der Waals surface area (Å²) in [6.07, 6.45) is 0. The standard InChI is InChI=1S/C50H48O2/c1-26-24-42-49(46-34(9)30(5)28(3)32(7)44(26)46)48(50-43(52-42)25-27(2)45-33(8)29(4)31(6)35(10)47(45)50)40-18-16-38(17-19-40)36-12-14-37(15-13-36)39-20-22-41(51-11)23-21-39/h12-25,48H,1-11H3. The number of fused-ring (bicyclic) bond motifs is 6. The van der Waals surface area contributed by atoms with Gasteiger partial charge in [0.25, 0.3) is 0 Å². The van der Waals surface area contributed by atoms with E-state index in [4.69, 9.17) is 9.47 Å². The molecule has 0 saturated carbocycles. The van der Waals surface area contributed by atoms with Crippen LogP contribution in [0.15, 0.2) is 84.9 Å². The Morgan fingerprint density at radius 2 is 0.731 bits per heavy atom. The highest BCUT2D eigenvalue weighted by Gasteiger charge is 2.35. The number of rotatable bonds is 4. The van der Waals surface area contributed by atoms with E-state index in [0.717, 1.165) is 17.2 Å². The SMILES string of the molecule is COc1ccc(-c2ccc(-c3ccc(C4c5c(cc(C)c6c(C)c(C)c(C)c(C)c56)Oc5cc(C)c6c(C)c(C)c(C)c(C)c6c54)cc3)cc2)cc1. The lowest BCUT2D eigenvalue weighted by molar-refractivity contribution is 0.415. The zero-order valence-corrected chi connectivity index (χ0v) is 32.5. The van der Waals surface area contributed by atoms with Crippen molar-refractivity contribution in [2.45, 2.75) is 75.2 Å². The van der Waals surface area contributed by atoms with E-state index in [1.54, 1.807) is 7.11 Å². The molecule has 0 unspecified atom stereocenters. The molecular formula is C50H48O2. The van der Waals surface area contributed by atoms with E-state index in [-0.39, 0.29) is 5.92 Å². The molecule has 0 bridgehead atoms. The molecule has 0 fully saturated rings. The summed E-state index contributed by atoms with van der Waals surface area (Å²) in [5.74, 6) is 2.82. The van der Waals surface area contributed by atoms with Crippen LogP contribution in [0.3, 0.4) is 0 Å². The van der Waals surface area contributed by atoms with Gasteiger partial charge >= 0.3 is 0 Å². The van der Waals surface area contributed by atoms with Crippen LogP contribution < -0.4 is 9.47 Å². The Bertz CT molecular complexity index is 2470. The number of hydrogen-bond acceptors (Lipinski definition) is 2. The fourth-order valence-corrected chi connectivity index (χ4v) is 9.07. The molecule has 1 aliphatic rings. The molecule has 0 aromatic heterocycles. The molecule has 8 rings (SSSR count). The Balaban J connectivity index is 1.36. The maximum Gasteiger partial charge on any atom is 0.132 e. The molecule has 0 amide bonds. The van der Waals surface area contributed by atoms with Gasteiger partial charge in [-0.05, 0) is 198 Å². The Hall–Kier alpha value is -5.34. The first kappa shape index (κ1) is 33.8. The molecular weight excluding hydrogens is 633 g/mol. The summed E-state index contributed by atoms with van der Waals surface area (Å²) in [6.45, 7) is 22.8. The highest BCUT2D eigenvalue weighted by molar-refractivity contribution is 6.03. The molecule has 0 saturated heterocycles. The van der Waals surface area contributed by atoms with Gasteiger partial charge in [-0.3, -0.25) is 0 Å². The van der Waals surface area contributed by atoms with Gasteiger partial charge < -0.3 is 9.47 Å². The van der Waals surface area contributed by atoms with Gasteiger partial charge in [-0.1, -0.05) is 60.7 Å². The van der Waals surface area contributed by atoms with Crippen LogP contribution in [-0.4, -0.2) is 7.11 Å². The van der Waals surface area contributed by atoms with Crippen molar-refractivity contribution in [3.8, 4) is 39.5 Å². The smallest absolute Gasteiger partial charge is 0.132 e. The molecule has 0 aliphatic carbocycles. The number of ether oxygens (including phenoxy) is 2. The number of aryl methyl sites for hydroxylation is 6. The maximum atomic E-state index is 7.08. The van der Waals surface area contributed by atoms with Crippen molar-refractivity contribution in [2.24, 2.45) is 0 Å². The number of hydrogen-bond donors (Lipinski definition) is 0. The summed E-state index contributed by atoms with van der Waals surface area (Å²) in [4.78, 5) is 0. The first-order valence-electron chi connectivity index (χ1n) is 18.5. The van der Waals surface area contributed by atoms with E-state index in [9.17, 15) is 0 Å². The molecule has 7 aromatic carbocycles. The number of benzene rings is 7. The van der Waals surface area contributed by atoms with Crippen LogP contribution in [0, 0.1) is 69.2 Å². The molecule has 0 atom stereocenters. The van der Waals surface area contributed by atoms with Crippen LogP contribution >= 0.6 is 0 Å². The summed E-state index contributed by atoms with van der Waals surface area (Å²) in [5, 5.41) is 5.41. The Labute approximate surface area is 309 Å². The predicted molar refractivity (Wildman–Crippen MR) is 220 cm³/mol. The van der Waals surface area contributed by atoms with Crippen LogP contribution in [-0.2, 0) is 0 Å². The molecule has 52 heavy (non-hydrogen) atoms. The largest absolute Gasteiger partial charge is 0.497 e. The average Bonchev–Trinajstić information content (AvgIpc) is 3.16. The van der Waals surface area contributed by atoms with Crippen LogP contribution in [0.5, 0.6) is 17.2 Å². The average molecular weight is 681 g/mol. The minimum absolute atomic E-state index is 0.00291. The zero-order chi connectivity index (χ0) is 36.7. The zero-order valence-electron chi connectivity index (χ0n) is 32.5. The van der Waals surface area contributed by atoms with Crippen molar-refractivity contribution in [3.05, 3.63) is 157 Å². The van der Waals surface area contributed by atoms with Crippen molar-refractivity contribution in [1.82, 2.24) is 0 Å². The fourth-order valence-electron chi connectivity index (χ4n) is 9.07. The van der Waals surface area contributed by atoms with E-state index >= 15 is 0 Å². The summed E-state index contributed by atoms with van der Waals surface area (Å²) in [7, 11) is 1.70. The third kappa shape index (κ3) is 4.99. The summed E-state index contributed by atoms with van der Waals surface area (Å²) in [5.41, 5.74) is 22.1. The predicted octanol–water partition coefficient (Wildman–Crippen LogP) is 13.7. The molecule has 2 nitrogen and oxygen atoms in total. The summed E-state index contributed by atoms with van der Waals surface area (Å²) < 4.78 is 12.4. The van der Waals surface area contributed by atoms with E-state index in [0.29, 0.717) is 0 Å². The normalized spacial score (nSPS) is 12.6.